The lowest BCUT2D eigenvalue weighted by Crippen LogP contribution is -2.48. The zero-order chi connectivity index (χ0) is 13.1. The van der Waals surface area contributed by atoms with Crippen LogP contribution in [0.1, 0.15) is 29.6 Å². The Morgan fingerprint density at radius 2 is 2.00 bits per heavy atom. The van der Waals surface area contributed by atoms with Gasteiger partial charge in [-0.25, -0.2) is 9.18 Å². The van der Waals surface area contributed by atoms with Crippen LogP contribution in [0.4, 0.5) is 4.39 Å². The molecule has 1 atom stereocenters. The van der Waals surface area contributed by atoms with Gasteiger partial charge in [-0.2, -0.15) is 0 Å². The number of hydrogen-bond donors (Lipinski definition) is 1. The molecule has 0 aliphatic carbocycles. The molecule has 18 heavy (non-hydrogen) atoms. The summed E-state index contributed by atoms with van der Waals surface area (Å²) >= 11 is 0. The number of amides is 1. The van der Waals surface area contributed by atoms with Gasteiger partial charge in [-0.15, -0.1) is 0 Å². The van der Waals surface area contributed by atoms with Crippen molar-refractivity contribution in [3.63, 3.8) is 0 Å². The van der Waals surface area contributed by atoms with Gasteiger partial charge in [-0.05, 0) is 31.4 Å². The van der Waals surface area contributed by atoms with Gasteiger partial charge in [0.2, 0.25) is 0 Å². The molecule has 96 valence electrons. The van der Waals surface area contributed by atoms with Crippen molar-refractivity contribution in [2.75, 3.05) is 6.54 Å². The van der Waals surface area contributed by atoms with Crippen LogP contribution in [0.25, 0.3) is 0 Å². The van der Waals surface area contributed by atoms with Gasteiger partial charge in [0.25, 0.3) is 5.91 Å². The maximum Gasteiger partial charge on any atom is 0.326 e. The third kappa shape index (κ3) is 2.34. The molecular formula is C13H14FNO3. The fourth-order valence-corrected chi connectivity index (χ4v) is 2.22. The molecule has 2 rings (SSSR count). The SMILES string of the molecule is O=C(O)[C@H]1CCCCN1C(=O)c1ccccc1F. The summed E-state index contributed by atoms with van der Waals surface area (Å²) in [5, 5.41) is 9.09. The lowest BCUT2D eigenvalue weighted by Gasteiger charge is -2.33. The highest BCUT2D eigenvalue weighted by Gasteiger charge is 2.33. The number of aliphatic carboxylic acids is 1. The lowest BCUT2D eigenvalue weighted by atomic mass is 10.0. The van der Waals surface area contributed by atoms with E-state index < -0.39 is 23.7 Å². The molecule has 1 aromatic rings. The zero-order valence-corrected chi connectivity index (χ0v) is 9.80. The molecule has 1 heterocycles. The van der Waals surface area contributed by atoms with Crippen molar-refractivity contribution >= 4 is 11.9 Å². The maximum absolute atomic E-state index is 13.5. The number of carbonyl (C=O) groups is 2. The number of benzene rings is 1. The predicted molar refractivity (Wildman–Crippen MR) is 62.7 cm³/mol. The van der Waals surface area contributed by atoms with Crippen LogP contribution >= 0.6 is 0 Å². The summed E-state index contributed by atoms with van der Waals surface area (Å²) < 4.78 is 13.5. The highest BCUT2D eigenvalue weighted by Crippen LogP contribution is 2.21. The van der Waals surface area contributed by atoms with Crippen molar-refractivity contribution in [3.8, 4) is 0 Å². The Morgan fingerprint density at radius 1 is 1.28 bits per heavy atom. The van der Waals surface area contributed by atoms with Crippen molar-refractivity contribution in [2.24, 2.45) is 0 Å². The molecule has 1 fully saturated rings. The van der Waals surface area contributed by atoms with Crippen molar-refractivity contribution in [1.82, 2.24) is 4.90 Å². The monoisotopic (exact) mass is 251 g/mol. The summed E-state index contributed by atoms with van der Waals surface area (Å²) in [6, 6.07) is 4.80. The Morgan fingerprint density at radius 3 is 2.67 bits per heavy atom. The number of halogens is 1. The Labute approximate surface area is 104 Å². The first-order chi connectivity index (χ1) is 8.61. The van der Waals surface area contributed by atoms with E-state index >= 15 is 0 Å². The molecule has 0 saturated carbocycles. The predicted octanol–water partition coefficient (Wildman–Crippen LogP) is 1.91. The molecule has 1 aliphatic heterocycles. The van der Waals surface area contributed by atoms with E-state index in [0.717, 1.165) is 12.8 Å². The van der Waals surface area contributed by atoms with Crippen LogP contribution in [0, 0.1) is 5.82 Å². The van der Waals surface area contributed by atoms with Crippen molar-refractivity contribution in [3.05, 3.63) is 35.6 Å². The summed E-state index contributed by atoms with van der Waals surface area (Å²) in [7, 11) is 0. The fourth-order valence-electron chi connectivity index (χ4n) is 2.22. The highest BCUT2D eigenvalue weighted by atomic mass is 19.1. The molecule has 4 nitrogen and oxygen atoms in total. The van der Waals surface area contributed by atoms with E-state index in [1.54, 1.807) is 6.07 Å². The highest BCUT2D eigenvalue weighted by molar-refractivity contribution is 5.96. The minimum Gasteiger partial charge on any atom is -0.480 e. The number of carbonyl (C=O) groups excluding carboxylic acids is 1. The Balaban J connectivity index is 2.27. The molecular weight excluding hydrogens is 237 g/mol. The molecule has 0 bridgehead atoms. The molecule has 0 aromatic heterocycles. The number of nitrogens with zero attached hydrogens (tertiary/aromatic N) is 1. The first-order valence-corrected chi connectivity index (χ1v) is 5.89. The van der Waals surface area contributed by atoms with E-state index in [-0.39, 0.29) is 5.56 Å². The molecule has 0 spiro atoms. The Kier molecular flexibility index (Phi) is 3.60. The minimum absolute atomic E-state index is 0.0642. The van der Waals surface area contributed by atoms with Gasteiger partial charge in [0, 0.05) is 6.54 Å². The number of rotatable bonds is 2. The Hall–Kier alpha value is -1.91. The van der Waals surface area contributed by atoms with Gasteiger partial charge in [0.15, 0.2) is 0 Å². The summed E-state index contributed by atoms with van der Waals surface area (Å²) in [6.45, 7) is 0.365. The number of carboxylic acid groups (broad SMARTS) is 1. The Bertz CT molecular complexity index is 475. The van der Waals surface area contributed by atoms with Crippen LogP contribution in [0.5, 0.6) is 0 Å². The normalized spacial score (nSPS) is 19.6. The van der Waals surface area contributed by atoms with Crippen LogP contribution in [0.3, 0.4) is 0 Å². The topological polar surface area (TPSA) is 57.6 Å². The zero-order valence-electron chi connectivity index (χ0n) is 9.80. The average molecular weight is 251 g/mol. The van der Waals surface area contributed by atoms with Crippen LogP contribution in [0.2, 0.25) is 0 Å². The van der Waals surface area contributed by atoms with Gasteiger partial charge >= 0.3 is 5.97 Å². The summed E-state index contributed by atoms with van der Waals surface area (Å²) in [5.74, 6) is -2.18. The van der Waals surface area contributed by atoms with Gasteiger partial charge in [-0.3, -0.25) is 4.79 Å². The average Bonchev–Trinajstić information content (AvgIpc) is 2.38. The third-order valence-corrected chi connectivity index (χ3v) is 3.15. The largest absolute Gasteiger partial charge is 0.480 e. The van der Waals surface area contributed by atoms with E-state index in [4.69, 9.17) is 5.11 Å². The smallest absolute Gasteiger partial charge is 0.326 e. The van der Waals surface area contributed by atoms with Gasteiger partial charge in [0.05, 0.1) is 5.56 Å². The van der Waals surface area contributed by atoms with Crippen molar-refractivity contribution in [2.45, 2.75) is 25.3 Å². The third-order valence-electron chi connectivity index (χ3n) is 3.15. The van der Waals surface area contributed by atoms with Crippen LogP contribution in [-0.4, -0.2) is 34.5 Å². The first kappa shape index (κ1) is 12.5. The van der Waals surface area contributed by atoms with Gasteiger partial charge in [-0.1, -0.05) is 12.1 Å². The van der Waals surface area contributed by atoms with Crippen molar-refractivity contribution in [1.29, 1.82) is 0 Å². The summed E-state index contributed by atoms with van der Waals surface area (Å²) in [4.78, 5) is 24.5. The van der Waals surface area contributed by atoms with E-state index in [1.807, 2.05) is 0 Å². The molecule has 1 aliphatic rings. The second-order valence-electron chi connectivity index (χ2n) is 4.33. The molecule has 0 unspecified atom stereocenters. The quantitative estimate of drug-likeness (QED) is 0.873. The number of hydrogen-bond acceptors (Lipinski definition) is 2. The van der Waals surface area contributed by atoms with E-state index in [1.165, 1.54) is 23.1 Å². The number of likely N-dealkylation sites (tertiary alicyclic amines) is 1. The molecule has 1 amide bonds. The van der Waals surface area contributed by atoms with Gasteiger partial charge in [0.1, 0.15) is 11.9 Å². The van der Waals surface area contributed by atoms with E-state index in [0.29, 0.717) is 13.0 Å². The summed E-state index contributed by atoms with van der Waals surface area (Å²) in [5.41, 5.74) is -0.0642. The summed E-state index contributed by atoms with van der Waals surface area (Å²) in [6.07, 6.45) is 1.96. The minimum atomic E-state index is -1.03. The van der Waals surface area contributed by atoms with Crippen molar-refractivity contribution < 1.29 is 19.1 Å². The molecule has 1 saturated heterocycles. The van der Waals surface area contributed by atoms with Crippen LogP contribution in [-0.2, 0) is 4.79 Å². The first-order valence-electron chi connectivity index (χ1n) is 5.89. The van der Waals surface area contributed by atoms with Crippen LogP contribution < -0.4 is 0 Å². The second kappa shape index (κ2) is 5.16. The van der Waals surface area contributed by atoms with E-state index in [2.05, 4.69) is 0 Å². The lowest BCUT2D eigenvalue weighted by molar-refractivity contribution is -0.143. The molecule has 1 N–H and O–H groups in total. The van der Waals surface area contributed by atoms with Crippen LogP contribution in [0.15, 0.2) is 24.3 Å². The second-order valence-corrected chi connectivity index (χ2v) is 4.33. The molecule has 5 heteroatoms. The van der Waals surface area contributed by atoms with E-state index in [9.17, 15) is 14.0 Å². The fraction of sp³-hybridized carbons (Fsp3) is 0.385. The number of carboxylic acids is 1. The number of piperidine rings is 1. The van der Waals surface area contributed by atoms with Gasteiger partial charge < -0.3 is 10.0 Å². The maximum atomic E-state index is 13.5. The molecule has 0 radical (unpaired) electrons. The molecule has 1 aromatic carbocycles. The standard InChI is InChI=1S/C13H14FNO3/c14-10-6-2-1-5-9(10)12(16)15-8-4-3-7-11(15)13(17)18/h1-2,5-6,11H,3-4,7-8H2,(H,17,18)/t11-/m1/s1.